The van der Waals surface area contributed by atoms with Crippen LogP contribution in [0.4, 0.5) is 0 Å². The van der Waals surface area contributed by atoms with Gasteiger partial charge in [0, 0.05) is 34.7 Å². The zero-order valence-electron chi connectivity index (χ0n) is 17.5. The normalized spacial score (nSPS) is 12.2. The van der Waals surface area contributed by atoms with Crippen molar-refractivity contribution in [2.75, 3.05) is 7.11 Å². The summed E-state index contributed by atoms with van der Waals surface area (Å²) >= 11 is 12.0. The third kappa shape index (κ3) is 7.90. The minimum Gasteiger partial charge on any atom is -0.496 e. The minimum atomic E-state index is -1.02. The first-order chi connectivity index (χ1) is 14.7. The summed E-state index contributed by atoms with van der Waals surface area (Å²) < 4.78 is 10.8. The molecule has 0 aliphatic carbocycles. The molecule has 2 aromatic carbocycles. The number of carbonyl (C=O) groups excluding carboxylic acids is 1. The van der Waals surface area contributed by atoms with Gasteiger partial charge in [0.2, 0.25) is 5.91 Å². The number of aliphatic carboxylic acids is 1. The number of hydrogen-bond acceptors (Lipinski definition) is 4. The first kappa shape index (κ1) is 24.7. The maximum absolute atomic E-state index is 12.2. The van der Waals surface area contributed by atoms with Gasteiger partial charge in [-0.15, -0.1) is 0 Å². The second kappa shape index (κ2) is 11.7. The zero-order chi connectivity index (χ0) is 23.0. The molecule has 0 fully saturated rings. The van der Waals surface area contributed by atoms with E-state index in [4.69, 9.17) is 32.7 Å². The third-order valence-corrected chi connectivity index (χ3v) is 4.87. The molecule has 2 aromatic rings. The predicted molar refractivity (Wildman–Crippen MR) is 122 cm³/mol. The van der Waals surface area contributed by atoms with Crippen molar-refractivity contribution in [3.63, 3.8) is 0 Å². The Morgan fingerprint density at radius 2 is 1.90 bits per heavy atom. The quantitative estimate of drug-likeness (QED) is 0.494. The van der Waals surface area contributed by atoms with Crippen molar-refractivity contribution in [3.05, 3.63) is 69.2 Å². The van der Waals surface area contributed by atoms with Crippen LogP contribution >= 0.6 is 23.2 Å². The number of hydrogen-bond donors (Lipinski definition) is 2. The number of amides is 1. The fraction of sp³-hybridized carbons (Fsp3) is 0.304. The van der Waals surface area contributed by atoms with Crippen LogP contribution in [-0.2, 0) is 27.3 Å². The summed E-state index contributed by atoms with van der Waals surface area (Å²) in [5, 5.41) is 13.1. The van der Waals surface area contributed by atoms with Crippen molar-refractivity contribution >= 4 is 41.2 Å². The van der Waals surface area contributed by atoms with Gasteiger partial charge in [-0.3, -0.25) is 4.79 Å². The van der Waals surface area contributed by atoms with Crippen LogP contribution in [0.5, 0.6) is 5.75 Å². The number of carboxylic acid groups (broad SMARTS) is 1. The van der Waals surface area contributed by atoms with Crippen molar-refractivity contribution in [3.8, 4) is 5.75 Å². The van der Waals surface area contributed by atoms with Gasteiger partial charge in [-0.2, -0.15) is 0 Å². The van der Waals surface area contributed by atoms with Gasteiger partial charge in [-0.05, 0) is 49.2 Å². The molecule has 0 saturated heterocycles. The van der Waals surface area contributed by atoms with Crippen LogP contribution in [0.1, 0.15) is 30.5 Å². The number of ether oxygens (including phenoxy) is 2. The Labute approximate surface area is 191 Å². The maximum atomic E-state index is 12.2. The molecule has 2 rings (SSSR count). The van der Waals surface area contributed by atoms with Gasteiger partial charge in [0.25, 0.3) is 0 Å². The van der Waals surface area contributed by atoms with Crippen molar-refractivity contribution in [1.29, 1.82) is 0 Å². The molecule has 0 spiro atoms. The summed E-state index contributed by atoms with van der Waals surface area (Å²) in [6.45, 7) is 3.78. The number of benzene rings is 2. The number of nitrogens with one attached hydrogen (secondary N) is 1. The topological polar surface area (TPSA) is 84.9 Å². The molecular formula is C23H25Cl2NO5. The SMILES string of the molecule is COc1ccc(CC(OC(C)C)C(=O)O)cc1CNC(=O)C=Cc1ccc(Cl)cc1Cl. The molecule has 0 aromatic heterocycles. The molecule has 0 bridgehead atoms. The molecule has 1 unspecified atom stereocenters. The van der Waals surface area contributed by atoms with Crippen LogP contribution in [-0.4, -0.2) is 36.3 Å². The van der Waals surface area contributed by atoms with Gasteiger partial charge in [-0.25, -0.2) is 4.79 Å². The molecule has 0 radical (unpaired) electrons. The molecule has 31 heavy (non-hydrogen) atoms. The molecule has 2 N–H and O–H groups in total. The van der Waals surface area contributed by atoms with Crippen molar-refractivity contribution in [2.45, 2.75) is 39.0 Å². The minimum absolute atomic E-state index is 0.202. The van der Waals surface area contributed by atoms with Crippen LogP contribution in [0.3, 0.4) is 0 Å². The Morgan fingerprint density at radius 3 is 2.52 bits per heavy atom. The van der Waals surface area contributed by atoms with Crippen LogP contribution in [0.2, 0.25) is 10.0 Å². The van der Waals surface area contributed by atoms with Gasteiger partial charge in [0.1, 0.15) is 5.75 Å². The first-order valence-electron chi connectivity index (χ1n) is 9.64. The van der Waals surface area contributed by atoms with Crippen LogP contribution in [0.25, 0.3) is 6.08 Å². The highest BCUT2D eigenvalue weighted by atomic mass is 35.5. The molecular weight excluding hydrogens is 441 g/mol. The second-order valence-electron chi connectivity index (χ2n) is 7.08. The monoisotopic (exact) mass is 465 g/mol. The number of carbonyl (C=O) groups is 2. The third-order valence-electron chi connectivity index (χ3n) is 4.31. The molecule has 0 saturated carbocycles. The molecule has 6 nitrogen and oxygen atoms in total. The smallest absolute Gasteiger partial charge is 0.333 e. The van der Waals surface area contributed by atoms with E-state index in [1.165, 1.54) is 13.2 Å². The lowest BCUT2D eigenvalue weighted by molar-refractivity contribution is -0.153. The van der Waals surface area contributed by atoms with E-state index < -0.39 is 12.1 Å². The molecule has 0 aliphatic heterocycles. The van der Waals surface area contributed by atoms with E-state index in [1.807, 2.05) is 0 Å². The number of halogens is 2. The fourth-order valence-corrected chi connectivity index (χ4v) is 3.35. The lowest BCUT2D eigenvalue weighted by atomic mass is 10.0. The highest BCUT2D eigenvalue weighted by Crippen LogP contribution is 2.23. The average Bonchev–Trinajstić information content (AvgIpc) is 2.70. The lowest BCUT2D eigenvalue weighted by Gasteiger charge is -2.17. The Kier molecular flexibility index (Phi) is 9.37. The van der Waals surface area contributed by atoms with Gasteiger partial charge >= 0.3 is 5.97 Å². The molecule has 0 aliphatic rings. The van der Waals surface area contributed by atoms with Crippen molar-refractivity contribution in [1.82, 2.24) is 5.32 Å². The Balaban J connectivity index is 2.07. The number of methoxy groups -OCH3 is 1. The van der Waals surface area contributed by atoms with E-state index in [-0.39, 0.29) is 25.0 Å². The molecule has 0 heterocycles. The number of rotatable bonds is 10. The summed E-state index contributed by atoms with van der Waals surface area (Å²) in [6.07, 6.45) is 2.01. The van der Waals surface area contributed by atoms with Crippen LogP contribution in [0, 0.1) is 0 Å². The molecule has 8 heteroatoms. The summed E-state index contributed by atoms with van der Waals surface area (Å²) in [5.74, 6) is -0.749. The van der Waals surface area contributed by atoms with E-state index in [9.17, 15) is 14.7 Å². The van der Waals surface area contributed by atoms with E-state index in [2.05, 4.69) is 5.32 Å². The Morgan fingerprint density at radius 1 is 1.16 bits per heavy atom. The largest absolute Gasteiger partial charge is 0.496 e. The summed E-state index contributed by atoms with van der Waals surface area (Å²) in [6, 6.07) is 10.3. The number of carboxylic acids is 1. The highest BCUT2D eigenvalue weighted by Gasteiger charge is 2.20. The van der Waals surface area contributed by atoms with E-state index in [0.29, 0.717) is 21.4 Å². The predicted octanol–water partition coefficient (Wildman–Crippen LogP) is 4.75. The second-order valence-corrected chi connectivity index (χ2v) is 7.92. The van der Waals surface area contributed by atoms with Gasteiger partial charge in [0.15, 0.2) is 6.10 Å². The lowest BCUT2D eigenvalue weighted by Crippen LogP contribution is -2.29. The van der Waals surface area contributed by atoms with Crippen molar-refractivity contribution < 1.29 is 24.2 Å². The fourth-order valence-electron chi connectivity index (χ4n) is 2.88. The van der Waals surface area contributed by atoms with Crippen LogP contribution in [0.15, 0.2) is 42.5 Å². The zero-order valence-corrected chi connectivity index (χ0v) is 19.0. The van der Waals surface area contributed by atoms with E-state index in [1.54, 1.807) is 56.3 Å². The Bertz CT molecular complexity index is 959. The highest BCUT2D eigenvalue weighted by molar-refractivity contribution is 6.35. The van der Waals surface area contributed by atoms with E-state index in [0.717, 1.165) is 11.1 Å². The van der Waals surface area contributed by atoms with Crippen molar-refractivity contribution in [2.24, 2.45) is 0 Å². The average molecular weight is 466 g/mol. The first-order valence-corrected chi connectivity index (χ1v) is 10.4. The molecule has 1 amide bonds. The van der Waals surface area contributed by atoms with Gasteiger partial charge < -0.3 is 19.9 Å². The summed E-state index contributed by atoms with van der Waals surface area (Å²) in [7, 11) is 1.53. The van der Waals surface area contributed by atoms with Gasteiger partial charge in [-0.1, -0.05) is 41.4 Å². The summed E-state index contributed by atoms with van der Waals surface area (Å²) in [5.41, 5.74) is 2.16. The van der Waals surface area contributed by atoms with Crippen LogP contribution < -0.4 is 10.1 Å². The summed E-state index contributed by atoms with van der Waals surface area (Å²) in [4.78, 5) is 23.7. The standard InChI is InChI=1S/C23H25Cl2NO5/c1-14(2)31-21(23(28)29)11-15-4-8-20(30-3)17(10-15)13-26-22(27)9-6-16-5-7-18(24)12-19(16)25/h4-10,12,14,21H,11,13H2,1-3H3,(H,26,27)(H,28,29). The molecule has 1 atom stereocenters. The Hall–Kier alpha value is -2.54. The molecule has 166 valence electrons. The maximum Gasteiger partial charge on any atom is 0.333 e. The van der Waals surface area contributed by atoms with E-state index >= 15 is 0 Å². The van der Waals surface area contributed by atoms with Gasteiger partial charge in [0.05, 0.1) is 13.2 Å².